The van der Waals surface area contributed by atoms with E-state index in [1.165, 1.54) is 0 Å². The topological polar surface area (TPSA) is 86.6 Å². The first-order chi connectivity index (χ1) is 9.65. The van der Waals surface area contributed by atoms with Crippen LogP contribution in [0.4, 0.5) is 5.69 Å². The maximum Gasteiger partial charge on any atom is 0.152 e. The van der Waals surface area contributed by atoms with Crippen LogP contribution in [0.1, 0.15) is 0 Å². The van der Waals surface area contributed by atoms with Crippen LogP contribution >= 0.6 is 0 Å². The van der Waals surface area contributed by atoms with E-state index in [9.17, 15) is 0 Å². The third-order valence-electron chi connectivity index (χ3n) is 2.96. The molecule has 0 bridgehead atoms. The molecule has 2 aromatic rings. The van der Waals surface area contributed by atoms with Crippen molar-refractivity contribution in [3.63, 3.8) is 0 Å². The van der Waals surface area contributed by atoms with Gasteiger partial charge in [0.15, 0.2) is 5.84 Å². The number of aliphatic imine (C=N–C) groups is 2. The molecule has 0 radical (unpaired) electrons. The van der Waals surface area contributed by atoms with Gasteiger partial charge in [-0.05, 0) is 22.9 Å². The molecule has 5 heteroatoms. The molecule has 0 fully saturated rings. The number of hydrogen-bond acceptors (Lipinski definition) is 3. The molecule has 102 valence electrons. The molecule has 0 aromatic heterocycles. The van der Waals surface area contributed by atoms with Crippen LogP contribution < -0.4 is 11.1 Å². The molecule has 0 spiro atoms. The lowest BCUT2D eigenvalue weighted by Gasteiger charge is -2.10. The number of rotatable bonds is 3. The summed E-state index contributed by atoms with van der Waals surface area (Å²) in [4.78, 5) is 7.85. The minimum absolute atomic E-state index is 0.130. The smallest absolute Gasteiger partial charge is 0.152 e. The van der Waals surface area contributed by atoms with Crippen LogP contribution in [0, 0.1) is 5.41 Å². The van der Waals surface area contributed by atoms with Gasteiger partial charge in [-0.25, -0.2) is 0 Å². The van der Waals surface area contributed by atoms with Crippen molar-refractivity contribution in [3.05, 3.63) is 42.5 Å². The van der Waals surface area contributed by atoms with Crippen molar-refractivity contribution in [3.8, 4) is 0 Å². The normalized spacial score (nSPS) is 12.5. The molecule has 0 saturated carbocycles. The maximum absolute atomic E-state index is 8.02. The van der Waals surface area contributed by atoms with E-state index in [1.54, 1.807) is 14.1 Å². The summed E-state index contributed by atoms with van der Waals surface area (Å²) in [6.45, 7) is 0. The Balaban J connectivity index is 2.26. The van der Waals surface area contributed by atoms with E-state index in [1.807, 2.05) is 42.5 Å². The standard InChI is InChI=1S/C15H17N5/c1-18-13(14(16)19-2)15(17)20-12-8-7-10-5-3-4-6-11(10)9-12/h3-9H,1-2H3,(H2,16,19)(H2,17,20)/b18-13+. The highest BCUT2D eigenvalue weighted by Gasteiger charge is 2.10. The number of nitrogens with zero attached hydrogens (tertiary/aromatic N) is 2. The molecule has 0 aliphatic heterocycles. The Morgan fingerprint density at radius 3 is 2.40 bits per heavy atom. The van der Waals surface area contributed by atoms with Crippen LogP contribution in [-0.4, -0.2) is 31.5 Å². The quantitative estimate of drug-likeness (QED) is 0.588. The number of benzene rings is 2. The van der Waals surface area contributed by atoms with E-state index < -0.39 is 0 Å². The third-order valence-corrected chi connectivity index (χ3v) is 2.96. The largest absolute Gasteiger partial charge is 0.382 e. The molecule has 20 heavy (non-hydrogen) atoms. The van der Waals surface area contributed by atoms with Gasteiger partial charge in [0.1, 0.15) is 11.5 Å². The van der Waals surface area contributed by atoms with Gasteiger partial charge in [-0.2, -0.15) is 0 Å². The lowest BCUT2D eigenvalue weighted by Crippen LogP contribution is -2.34. The van der Waals surface area contributed by atoms with Gasteiger partial charge in [0.2, 0.25) is 0 Å². The van der Waals surface area contributed by atoms with Gasteiger partial charge >= 0.3 is 0 Å². The summed E-state index contributed by atoms with van der Waals surface area (Å²) in [5, 5.41) is 13.3. The Morgan fingerprint density at radius 1 is 1.05 bits per heavy atom. The van der Waals surface area contributed by atoms with Crippen LogP contribution in [0.3, 0.4) is 0 Å². The summed E-state index contributed by atoms with van der Waals surface area (Å²) in [6, 6.07) is 14.0. The number of hydrogen-bond donors (Lipinski definition) is 3. The Morgan fingerprint density at radius 2 is 1.75 bits per heavy atom. The maximum atomic E-state index is 8.02. The first kappa shape index (κ1) is 13.7. The van der Waals surface area contributed by atoms with Gasteiger partial charge in [-0.15, -0.1) is 0 Å². The number of nitrogens with one attached hydrogen (secondary N) is 2. The van der Waals surface area contributed by atoms with Crippen LogP contribution in [0.2, 0.25) is 0 Å². The molecule has 0 aliphatic rings. The van der Waals surface area contributed by atoms with Crippen LogP contribution in [0.25, 0.3) is 10.8 Å². The van der Waals surface area contributed by atoms with Gasteiger partial charge in [0, 0.05) is 19.8 Å². The van der Waals surface area contributed by atoms with E-state index in [2.05, 4.69) is 15.3 Å². The second kappa shape index (κ2) is 5.97. The minimum Gasteiger partial charge on any atom is -0.382 e. The number of nitrogens with two attached hydrogens (primary N) is 1. The van der Waals surface area contributed by atoms with Gasteiger partial charge in [0.25, 0.3) is 0 Å². The van der Waals surface area contributed by atoms with Gasteiger partial charge in [-0.3, -0.25) is 15.4 Å². The zero-order valence-electron chi connectivity index (χ0n) is 11.5. The van der Waals surface area contributed by atoms with Crippen molar-refractivity contribution in [2.75, 3.05) is 19.4 Å². The van der Waals surface area contributed by atoms with Gasteiger partial charge < -0.3 is 11.1 Å². The molecular weight excluding hydrogens is 250 g/mol. The number of anilines is 1. The molecule has 0 heterocycles. The Hall–Kier alpha value is -2.69. The Kier molecular flexibility index (Phi) is 4.10. The molecule has 0 aliphatic carbocycles. The molecule has 2 aromatic carbocycles. The summed E-state index contributed by atoms with van der Waals surface area (Å²) in [5.74, 6) is 0.372. The van der Waals surface area contributed by atoms with Crippen molar-refractivity contribution >= 4 is 33.8 Å². The van der Waals surface area contributed by atoms with Crippen molar-refractivity contribution in [1.29, 1.82) is 5.41 Å². The monoisotopic (exact) mass is 267 g/mol. The van der Waals surface area contributed by atoms with E-state index in [4.69, 9.17) is 11.1 Å². The van der Waals surface area contributed by atoms with Gasteiger partial charge in [0.05, 0.1) is 0 Å². The van der Waals surface area contributed by atoms with Crippen molar-refractivity contribution in [1.82, 2.24) is 0 Å². The lowest BCUT2D eigenvalue weighted by atomic mass is 10.1. The average molecular weight is 267 g/mol. The molecule has 4 N–H and O–H groups in total. The number of amidine groups is 2. The Bertz CT molecular complexity index is 700. The minimum atomic E-state index is 0.130. The summed E-state index contributed by atoms with van der Waals surface area (Å²) >= 11 is 0. The number of fused-ring (bicyclic) bond motifs is 1. The average Bonchev–Trinajstić information content (AvgIpc) is 2.47. The second-order valence-corrected chi connectivity index (χ2v) is 4.24. The predicted octanol–water partition coefficient (Wildman–Crippen LogP) is 2.29. The SMILES string of the molecule is C/N=C(C(=N)Nc1ccc2ccccc2c1)\C(N)=N/C. The molecule has 0 atom stereocenters. The highest BCUT2D eigenvalue weighted by Crippen LogP contribution is 2.18. The summed E-state index contributed by atoms with van der Waals surface area (Å²) in [7, 11) is 3.16. The molecule has 2 rings (SSSR count). The summed E-state index contributed by atoms with van der Waals surface area (Å²) in [6.07, 6.45) is 0. The fourth-order valence-electron chi connectivity index (χ4n) is 1.93. The fourth-order valence-corrected chi connectivity index (χ4v) is 1.93. The summed E-state index contributed by atoms with van der Waals surface area (Å²) < 4.78 is 0. The van der Waals surface area contributed by atoms with Crippen molar-refractivity contribution in [2.24, 2.45) is 15.7 Å². The van der Waals surface area contributed by atoms with E-state index in [0.717, 1.165) is 16.5 Å². The molecule has 0 unspecified atom stereocenters. The van der Waals surface area contributed by atoms with Gasteiger partial charge in [-0.1, -0.05) is 30.3 Å². The van der Waals surface area contributed by atoms with E-state index in [0.29, 0.717) is 5.71 Å². The van der Waals surface area contributed by atoms with Crippen LogP contribution in [0.15, 0.2) is 52.4 Å². The van der Waals surface area contributed by atoms with E-state index >= 15 is 0 Å². The Labute approximate surface area is 117 Å². The highest BCUT2D eigenvalue weighted by atomic mass is 15.0. The zero-order valence-corrected chi connectivity index (χ0v) is 11.5. The molecule has 5 nitrogen and oxygen atoms in total. The first-order valence-electron chi connectivity index (χ1n) is 6.20. The lowest BCUT2D eigenvalue weighted by molar-refractivity contribution is 1.39. The second-order valence-electron chi connectivity index (χ2n) is 4.24. The molecule has 0 saturated heterocycles. The van der Waals surface area contributed by atoms with Crippen molar-refractivity contribution < 1.29 is 0 Å². The zero-order chi connectivity index (χ0) is 14.5. The highest BCUT2D eigenvalue weighted by molar-refractivity contribution is 6.68. The molecule has 0 amide bonds. The molecular formula is C15H17N5. The summed E-state index contributed by atoms with van der Waals surface area (Å²) in [5.41, 5.74) is 6.88. The van der Waals surface area contributed by atoms with Crippen LogP contribution in [-0.2, 0) is 0 Å². The van der Waals surface area contributed by atoms with E-state index in [-0.39, 0.29) is 11.7 Å². The van der Waals surface area contributed by atoms with Crippen molar-refractivity contribution in [2.45, 2.75) is 0 Å². The first-order valence-corrected chi connectivity index (χ1v) is 6.20. The predicted molar refractivity (Wildman–Crippen MR) is 86.2 cm³/mol. The van der Waals surface area contributed by atoms with Crippen LogP contribution in [0.5, 0.6) is 0 Å². The third kappa shape index (κ3) is 2.83. The fraction of sp³-hybridized carbons (Fsp3) is 0.133.